The van der Waals surface area contributed by atoms with Crippen LogP contribution in [0.3, 0.4) is 0 Å². The number of nitrogens with zero attached hydrogens (tertiary/aromatic N) is 2. The van der Waals surface area contributed by atoms with E-state index in [2.05, 4.69) is 97.3 Å². The van der Waals surface area contributed by atoms with Crippen molar-refractivity contribution >= 4 is 23.2 Å². The van der Waals surface area contributed by atoms with Crippen molar-refractivity contribution in [2.45, 2.75) is 26.3 Å². The quantitative estimate of drug-likeness (QED) is 0.407. The average molecular weight is 352 g/mol. The predicted molar refractivity (Wildman–Crippen MR) is 115 cm³/mol. The third-order valence-electron chi connectivity index (χ3n) is 4.90. The molecule has 0 aliphatic carbocycles. The number of fused-ring (bicyclic) bond motifs is 1. The Kier molecular flexibility index (Phi) is 4.88. The molecule has 0 spiro atoms. The van der Waals surface area contributed by atoms with Crippen LogP contribution in [0.4, 0.5) is 0 Å². The Hall–Kier alpha value is -3.13. The smallest absolute Gasteiger partial charge is 0.134 e. The lowest BCUT2D eigenvalue weighted by Crippen LogP contribution is -2.02. The van der Waals surface area contributed by atoms with Gasteiger partial charge in [-0.3, -0.25) is 0 Å². The first-order valence-electron chi connectivity index (χ1n) is 9.48. The number of hydrogen-bond donors (Lipinski definition) is 0. The highest BCUT2D eigenvalue weighted by Gasteiger charge is 2.09. The highest BCUT2D eigenvalue weighted by Crippen LogP contribution is 2.21. The highest BCUT2D eigenvalue weighted by molar-refractivity contribution is 5.80. The molecule has 2 heteroatoms. The van der Waals surface area contributed by atoms with Crippen LogP contribution in [0.15, 0.2) is 78.9 Å². The Morgan fingerprint density at radius 2 is 1.52 bits per heavy atom. The molecule has 0 amide bonds. The summed E-state index contributed by atoms with van der Waals surface area (Å²) in [5, 5.41) is 0. The zero-order valence-corrected chi connectivity index (χ0v) is 15.8. The average Bonchev–Trinajstić information content (AvgIpc) is 3.05. The van der Waals surface area contributed by atoms with Gasteiger partial charge in [0.15, 0.2) is 0 Å². The first-order chi connectivity index (χ1) is 13.2. The monoisotopic (exact) mass is 352 g/mol. The molecule has 2 nitrogen and oxygen atoms in total. The van der Waals surface area contributed by atoms with Gasteiger partial charge in [0.1, 0.15) is 5.82 Å². The maximum Gasteiger partial charge on any atom is 0.134 e. The van der Waals surface area contributed by atoms with Crippen LogP contribution in [0.1, 0.15) is 42.3 Å². The Morgan fingerprint density at radius 1 is 0.815 bits per heavy atom. The number of hydrogen-bond acceptors (Lipinski definition) is 1. The summed E-state index contributed by atoms with van der Waals surface area (Å²) in [6.07, 6.45) is 4.23. The summed E-state index contributed by atoms with van der Waals surface area (Å²) in [5.41, 5.74) is 6.04. The molecule has 4 aromatic rings. The summed E-state index contributed by atoms with van der Waals surface area (Å²) in [4.78, 5) is 4.85. The third-order valence-corrected chi connectivity index (χ3v) is 4.90. The zero-order chi connectivity index (χ0) is 18.6. The Balaban J connectivity index is 1.71. The van der Waals surface area contributed by atoms with E-state index in [0.717, 1.165) is 23.4 Å². The SMILES string of the molecule is CC(C)c1ccc(Cn2c(/C=C/c3ccccc3)nc3ccccc32)cc1. The second-order valence-electron chi connectivity index (χ2n) is 7.19. The fourth-order valence-corrected chi connectivity index (χ4v) is 3.31. The van der Waals surface area contributed by atoms with E-state index in [1.165, 1.54) is 16.7 Å². The molecule has 3 aromatic carbocycles. The number of rotatable bonds is 5. The fraction of sp³-hybridized carbons (Fsp3) is 0.160. The molecule has 0 saturated heterocycles. The third kappa shape index (κ3) is 3.85. The zero-order valence-electron chi connectivity index (χ0n) is 15.8. The van der Waals surface area contributed by atoms with Gasteiger partial charge < -0.3 is 4.57 Å². The minimum Gasteiger partial charge on any atom is -0.320 e. The summed E-state index contributed by atoms with van der Waals surface area (Å²) >= 11 is 0. The number of imidazole rings is 1. The van der Waals surface area contributed by atoms with Crippen molar-refractivity contribution in [2.75, 3.05) is 0 Å². The van der Waals surface area contributed by atoms with Gasteiger partial charge in [0.25, 0.3) is 0 Å². The Morgan fingerprint density at radius 3 is 2.26 bits per heavy atom. The minimum atomic E-state index is 0.553. The van der Waals surface area contributed by atoms with Crippen LogP contribution in [-0.4, -0.2) is 9.55 Å². The molecule has 27 heavy (non-hydrogen) atoms. The molecule has 0 fully saturated rings. The van der Waals surface area contributed by atoms with E-state index in [9.17, 15) is 0 Å². The van der Waals surface area contributed by atoms with Crippen LogP contribution in [0.25, 0.3) is 23.2 Å². The molecule has 134 valence electrons. The predicted octanol–water partition coefficient (Wildman–Crippen LogP) is 6.38. The van der Waals surface area contributed by atoms with Crippen LogP contribution < -0.4 is 0 Å². The Bertz CT molecular complexity index is 1050. The van der Waals surface area contributed by atoms with Gasteiger partial charge in [0, 0.05) is 6.54 Å². The number of benzene rings is 3. The molecular formula is C25H24N2. The van der Waals surface area contributed by atoms with Crippen molar-refractivity contribution < 1.29 is 0 Å². The van der Waals surface area contributed by atoms with Crippen LogP contribution in [0, 0.1) is 0 Å². The van der Waals surface area contributed by atoms with Crippen molar-refractivity contribution in [3.05, 3.63) is 101 Å². The van der Waals surface area contributed by atoms with Crippen LogP contribution in [0.5, 0.6) is 0 Å². The number of aromatic nitrogens is 2. The molecule has 0 bridgehead atoms. The molecular weight excluding hydrogens is 328 g/mol. The van der Waals surface area contributed by atoms with Crippen LogP contribution >= 0.6 is 0 Å². The van der Waals surface area contributed by atoms with Crippen molar-refractivity contribution in [2.24, 2.45) is 0 Å². The van der Waals surface area contributed by atoms with E-state index in [1.54, 1.807) is 0 Å². The number of para-hydroxylation sites is 2. The molecule has 0 aliphatic heterocycles. The standard InChI is InChI=1S/C25H24N2/c1-19(2)22-15-12-21(13-16-22)18-27-24-11-7-6-10-23(24)26-25(27)17-14-20-8-4-3-5-9-20/h3-17,19H,18H2,1-2H3/b17-14+. The van der Waals surface area contributed by atoms with E-state index in [1.807, 2.05) is 12.1 Å². The van der Waals surface area contributed by atoms with Gasteiger partial charge in [0.05, 0.1) is 11.0 Å². The second kappa shape index (κ2) is 7.63. The summed E-state index contributed by atoms with van der Waals surface area (Å²) in [6.45, 7) is 5.27. The van der Waals surface area contributed by atoms with E-state index in [-0.39, 0.29) is 0 Å². The summed E-state index contributed by atoms with van der Waals surface area (Å²) in [5.74, 6) is 1.53. The van der Waals surface area contributed by atoms with Gasteiger partial charge in [-0.25, -0.2) is 4.98 Å². The van der Waals surface area contributed by atoms with Gasteiger partial charge in [-0.15, -0.1) is 0 Å². The molecule has 1 aromatic heterocycles. The van der Waals surface area contributed by atoms with E-state index < -0.39 is 0 Å². The van der Waals surface area contributed by atoms with Gasteiger partial charge in [-0.05, 0) is 40.8 Å². The van der Waals surface area contributed by atoms with Crippen molar-refractivity contribution in [1.82, 2.24) is 9.55 Å². The lowest BCUT2D eigenvalue weighted by Gasteiger charge is -2.10. The van der Waals surface area contributed by atoms with Gasteiger partial charge in [-0.2, -0.15) is 0 Å². The first kappa shape index (κ1) is 17.3. The second-order valence-corrected chi connectivity index (χ2v) is 7.19. The summed E-state index contributed by atoms with van der Waals surface area (Å²) < 4.78 is 2.29. The lowest BCUT2D eigenvalue weighted by molar-refractivity contribution is 0.809. The molecule has 0 atom stereocenters. The van der Waals surface area contributed by atoms with Crippen molar-refractivity contribution in [1.29, 1.82) is 0 Å². The largest absolute Gasteiger partial charge is 0.320 e. The first-order valence-corrected chi connectivity index (χ1v) is 9.48. The summed E-state index contributed by atoms with van der Waals surface area (Å²) in [6, 6.07) is 27.6. The van der Waals surface area contributed by atoms with E-state index in [0.29, 0.717) is 5.92 Å². The van der Waals surface area contributed by atoms with Crippen LogP contribution in [0.2, 0.25) is 0 Å². The van der Waals surface area contributed by atoms with Gasteiger partial charge >= 0.3 is 0 Å². The van der Waals surface area contributed by atoms with Crippen molar-refractivity contribution in [3.63, 3.8) is 0 Å². The minimum absolute atomic E-state index is 0.553. The molecule has 0 radical (unpaired) electrons. The Labute approximate surface area is 160 Å². The van der Waals surface area contributed by atoms with Gasteiger partial charge in [0.2, 0.25) is 0 Å². The molecule has 0 saturated carbocycles. The van der Waals surface area contributed by atoms with E-state index in [4.69, 9.17) is 4.98 Å². The topological polar surface area (TPSA) is 17.8 Å². The fourth-order valence-electron chi connectivity index (χ4n) is 3.31. The molecule has 0 N–H and O–H groups in total. The normalized spacial score (nSPS) is 11.7. The molecule has 0 unspecified atom stereocenters. The van der Waals surface area contributed by atoms with E-state index >= 15 is 0 Å². The maximum atomic E-state index is 4.85. The van der Waals surface area contributed by atoms with Gasteiger partial charge in [-0.1, -0.05) is 86.7 Å². The highest BCUT2D eigenvalue weighted by atomic mass is 15.1. The van der Waals surface area contributed by atoms with Crippen molar-refractivity contribution in [3.8, 4) is 0 Å². The molecule has 0 aliphatic rings. The molecule has 1 heterocycles. The summed E-state index contributed by atoms with van der Waals surface area (Å²) in [7, 11) is 0. The maximum absolute atomic E-state index is 4.85. The van der Waals surface area contributed by atoms with Crippen LogP contribution in [-0.2, 0) is 6.54 Å². The molecule has 4 rings (SSSR count). The lowest BCUT2D eigenvalue weighted by atomic mass is 10.0.